The normalized spacial score (nSPS) is 31.7. The van der Waals surface area contributed by atoms with Crippen molar-refractivity contribution in [2.45, 2.75) is 55.3 Å². The molecule has 2 saturated carbocycles. The number of carbonyl (C=O) groups is 3. The van der Waals surface area contributed by atoms with Crippen LogP contribution in [0.5, 0.6) is 11.5 Å². The molecule has 5 atom stereocenters. The summed E-state index contributed by atoms with van der Waals surface area (Å²) >= 11 is 0. The number of hydrogen-bond acceptors (Lipinski definition) is 9. The minimum absolute atomic E-state index is 0.0766. The Balaban J connectivity index is 1.20. The van der Waals surface area contributed by atoms with Gasteiger partial charge < -0.3 is 20.3 Å². The number of aromatic hydroxyl groups is 1. The number of nitrogens with zero attached hydrogens (tertiary/aromatic N) is 1. The Morgan fingerprint density at radius 3 is 2.56 bits per heavy atom. The van der Waals surface area contributed by atoms with Crippen LogP contribution in [0.2, 0.25) is 0 Å². The number of ether oxygens (including phenoxy) is 1. The molecule has 2 aromatic rings. The number of likely N-dealkylation sites (tertiary alicyclic amines) is 1. The number of anilines is 1. The van der Waals surface area contributed by atoms with E-state index in [9.17, 15) is 33.0 Å². The van der Waals surface area contributed by atoms with Crippen molar-refractivity contribution in [3.8, 4) is 11.5 Å². The van der Waals surface area contributed by atoms with Gasteiger partial charge in [-0.15, -0.1) is 0 Å². The van der Waals surface area contributed by atoms with Gasteiger partial charge in [-0.2, -0.15) is 0 Å². The lowest BCUT2D eigenvalue weighted by Gasteiger charge is -2.63. The first-order valence-corrected chi connectivity index (χ1v) is 15.8. The summed E-state index contributed by atoms with van der Waals surface area (Å²) in [5, 5.41) is 26.1. The van der Waals surface area contributed by atoms with Crippen molar-refractivity contribution in [3.05, 3.63) is 53.1 Å². The Morgan fingerprint density at radius 1 is 1.15 bits per heavy atom. The predicted molar refractivity (Wildman–Crippen MR) is 146 cm³/mol. The SMILES string of the molecule is CS(=O)(=O)NC(=O)c1ccc(NC(=O)C2C[C@@]3(O)[C@H]4Cc5ccc(O)c6c5[C@@]3(CCN4CC3CC3)[C@@H](O6)C2=O)cc1. The van der Waals surface area contributed by atoms with Gasteiger partial charge in [0, 0.05) is 29.4 Å². The van der Waals surface area contributed by atoms with Crippen LogP contribution in [0.15, 0.2) is 36.4 Å². The highest BCUT2D eigenvalue weighted by Crippen LogP contribution is 2.65. The van der Waals surface area contributed by atoms with Gasteiger partial charge in [-0.1, -0.05) is 6.07 Å². The third-order valence-electron chi connectivity index (χ3n) is 9.64. The fourth-order valence-corrected chi connectivity index (χ4v) is 8.14. The molecule has 2 heterocycles. The van der Waals surface area contributed by atoms with E-state index >= 15 is 0 Å². The summed E-state index contributed by atoms with van der Waals surface area (Å²) in [6.07, 6.45) is 3.02. The molecule has 41 heavy (non-hydrogen) atoms. The highest BCUT2D eigenvalue weighted by atomic mass is 32.2. The summed E-state index contributed by atoms with van der Waals surface area (Å²) in [4.78, 5) is 42.0. The van der Waals surface area contributed by atoms with Crippen molar-refractivity contribution in [1.82, 2.24) is 9.62 Å². The van der Waals surface area contributed by atoms with Crippen LogP contribution in [-0.4, -0.2) is 78.2 Å². The van der Waals surface area contributed by atoms with Gasteiger partial charge in [-0.25, -0.2) is 13.1 Å². The molecule has 2 amide bonds. The van der Waals surface area contributed by atoms with Crippen molar-refractivity contribution in [2.75, 3.05) is 24.7 Å². The molecule has 3 fully saturated rings. The van der Waals surface area contributed by atoms with Gasteiger partial charge >= 0.3 is 0 Å². The van der Waals surface area contributed by atoms with Gasteiger partial charge in [0.25, 0.3) is 5.91 Å². The van der Waals surface area contributed by atoms with Gasteiger partial charge in [0.1, 0.15) is 5.92 Å². The first kappa shape index (κ1) is 26.4. The van der Waals surface area contributed by atoms with Gasteiger partial charge in [0.15, 0.2) is 23.4 Å². The van der Waals surface area contributed by atoms with Crippen LogP contribution in [0.1, 0.15) is 47.2 Å². The van der Waals surface area contributed by atoms with Crippen molar-refractivity contribution < 1.29 is 37.8 Å². The molecule has 12 heteroatoms. The van der Waals surface area contributed by atoms with Crippen molar-refractivity contribution >= 4 is 33.3 Å². The number of phenolic OH excluding ortho intramolecular Hbond substituents is 1. The van der Waals surface area contributed by atoms with Crippen molar-refractivity contribution in [3.63, 3.8) is 0 Å². The first-order valence-electron chi connectivity index (χ1n) is 13.9. The third-order valence-corrected chi connectivity index (χ3v) is 10.2. The van der Waals surface area contributed by atoms with Crippen LogP contribution in [0.25, 0.3) is 0 Å². The zero-order chi connectivity index (χ0) is 28.9. The van der Waals surface area contributed by atoms with Crippen molar-refractivity contribution in [1.29, 1.82) is 0 Å². The summed E-state index contributed by atoms with van der Waals surface area (Å²) in [7, 11) is -3.74. The number of phenols is 1. The summed E-state index contributed by atoms with van der Waals surface area (Å²) in [5.74, 6) is -2.30. The molecule has 7 rings (SSSR count). The van der Waals surface area contributed by atoms with E-state index in [1.54, 1.807) is 6.07 Å². The average Bonchev–Trinajstić information content (AvgIpc) is 3.65. The molecule has 1 spiro atoms. The van der Waals surface area contributed by atoms with Crippen LogP contribution < -0.4 is 14.8 Å². The average molecular weight is 582 g/mol. The van der Waals surface area contributed by atoms with E-state index in [2.05, 4.69) is 10.2 Å². The summed E-state index contributed by atoms with van der Waals surface area (Å²) in [5.41, 5.74) is -0.409. The lowest BCUT2D eigenvalue weighted by molar-refractivity contribution is -0.197. The van der Waals surface area contributed by atoms with Crippen LogP contribution in [0, 0.1) is 11.8 Å². The zero-order valence-electron chi connectivity index (χ0n) is 22.4. The van der Waals surface area contributed by atoms with Gasteiger partial charge in [0.2, 0.25) is 15.9 Å². The maximum atomic E-state index is 14.0. The molecule has 0 radical (unpaired) electrons. The number of sulfonamides is 1. The molecule has 0 aromatic heterocycles. The third kappa shape index (κ3) is 3.91. The molecule has 2 aliphatic heterocycles. The van der Waals surface area contributed by atoms with Crippen LogP contribution in [0.3, 0.4) is 0 Å². The Kier molecular flexibility index (Phi) is 5.65. The molecule has 2 aromatic carbocycles. The maximum absolute atomic E-state index is 14.0. The number of hydrogen-bond donors (Lipinski definition) is 4. The highest BCUT2D eigenvalue weighted by Gasteiger charge is 2.75. The number of ketones is 1. The maximum Gasteiger partial charge on any atom is 0.264 e. The fraction of sp³-hybridized carbons (Fsp3) is 0.483. The fourth-order valence-electron chi connectivity index (χ4n) is 7.69. The molecule has 2 bridgehead atoms. The number of Topliss-reactive ketones (excluding diaryl/α,β-unsaturated/α-hetero) is 1. The standard InChI is InChI=1S/C29H31N3O8S/c1-41(38,39)31-26(35)16-4-7-18(8-5-16)30-27(36)19-13-29(37)21-12-17-6-9-20(33)24-22(17)28(29,25(40-24)23(19)34)10-11-32(21)14-15-2-3-15/h4-9,15,19,21,25,33,37H,2-3,10-14H2,1H3,(H,30,36)(H,31,35)/t19?,21-,25+,28+,29-/m1/s1. The summed E-state index contributed by atoms with van der Waals surface area (Å²) in [6, 6.07) is 8.74. The number of benzene rings is 2. The number of carbonyl (C=O) groups excluding carboxylic acids is 3. The molecule has 1 unspecified atom stereocenters. The minimum Gasteiger partial charge on any atom is -0.504 e. The molecule has 1 saturated heterocycles. The van der Waals surface area contributed by atoms with E-state index < -0.39 is 50.7 Å². The van der Waals surface area contributed by atoms with E-state index in [1.165, 1.54) is 24.3 Å². The quantitative estimate of drug-likeness (QED) is 0.366. The second-order valence-electron chi connectivity index (χ2n) is 12.2. The van der Waals surface area contributed by atoms with Crippen LogP contribution >= 0.6 is 0 Å². The Labute approximate surface area is 236 Å². The number of aliphatic hydroxyl groups is 1. The topological polar surface area (TPSA) is 162 Å². The molecule has 216 valence electrons. The summed E-state index contributed by atoms with van der Waals surface area (Å²) in [6.45, 7) is 1.56. The van der Waals surface area contributed by atoms with E-state index in [1.807, 2.05) is 10.8 Å². The summed E-state index contributed by atoms with van der Waals surface area (Å²) < 4.78 is 30.8. The van der Waals surface area contributed by atoms with Gasteiger partial charge in [-0.05, 0) is 80.5 Å². The Morgan fingerprint density at radius 2 is 1.88 bits per heavy atom. The Hall–Kier alpha value is -3.48. The minimum atomic E-state index is -3.74. The molecule has 5 aliphatic rings. The van der Waals surface area contributed by atoms with Gasteiger partial charge in [0.05, 0.1) is 17.3 Å². The molecule has 11 nitrogen and oxygen atoms in total. The number of rotatable bonds is 6. The molecule has 4 N–H and O–H groups in total. The van der Waals surface area contributed by atoms with Crippen LogP contribution in [-0.2, 0) is 31.4 Å². The van der Waals surface area contributed by atoms with E-state index in [0.717, 1.165) is 31.2 Å². The lowest BCUT2D eigenvalue weighted by atomic mass is 9.47. The van der Waals surface area contributed by atoms with Crippen molar-refractivity contribution in [2.24, 2.45) is 11.8 Å². The zero-order valence-corrected chi connectivity index (χ0v) is 23.2. The second kappa shape index (κ2) is 8.76. The second-order valence-corrected chi connectivity index (χ2v) is 13.9. The molecule has 3 aliphatic carbocycles. The van der Waals surface area contributed by atoms with E-state index in [4.69, 9.17) is 4.74 Å². The van der Waals surface area contributed by atoms with E-state index in [-0.39, 0.29) is 29.5 Å². The number of nitrogens with one attached hydrogen (secondary N) is 2. The smallest absolute Gasteiger partial charge is 0.264 e. The first-order chi connectivity index (χ1) is 19.4. The lowest BCUT2D eigenvalue weighted by Crippen LogP contribution is -2.78. The monoisotopic (exact) mass is 581 g/mol. The van der Waals surface area contributed by atoms with Gasteiger partial charge in [-0.3, -0.25) is 19.3 Å². The highest BCUT2D eigenvalue weighted by molar-refractivity contribution is 7.89. The predicted octanol–water partition coefficient (Wildman–Crippen LogP) is 1.08. The van der Waals surface area contributed by atoms with Crippen LogP contribution in [0.4, 0.5) is 5.69 Å². The number of piperidine rings is 1. The molecular formula is C29H31N3O8S. The molecular weight excluding hydrogens is 550 g/mol. The Bertz CT molecular complexity index is 1600. The number of amides is 2. The largest absolute Gasteiger partial charge is 0.504 e. The van der Waals surface area contributed by atoms with E-state index in [0.29, 0.717) is 36.6 Å².